The number of guanidine groups is 1. The molecule has 1 aliphatic rings. The summed E-state index contributed by atoms with van der Waals surface area (Å²) in [7, 11) is 5.22. The number of hydrogen-bond donors (Lipinski definition) is 1. The molecule has 1 rings (SSSR count). The van der Waals surface area contributed by atoms with Crippen LogP contribution >= 0.6 is 0 Å². The Bertz CT molecular complexity index is 390. The molecule has 0 amide bonds. The van der Waals surface area contributed by atoms with Gasteiger partial charge in [-0.15, -0.1) is 0 Å². The molecule has 0 aromatic rings. The first kappa shape index (κ1) is 19.7. The van der Waals surface area contributed by atoms with Crippen molar-refractivity contribution in [3.05, 3.63) is 0 Å². The second kappa shape index (κ2) is 10.4. The van der Waals surface area contributed by atoms with Crippen molar-refractivity contribution in [2.45, 2.75) is 13.8 Å². The highest BCUT2D eigenvalue weighted by Crippen LogP contribution is 2.24. The fourth-order valence-electron chi connectivity index (χ4n) is 2.71. The van der Waals surface area contributed by atoms with Crippen LogP contribution in [0, 0.1) is 11.8 Å². The Morgan fingerprint density at radius 2 is 2.09 bits per heavy atom. The molecule has 1 heterocycles. The highest BCUT2D eigenvalue weighted by Gasteiger charge is 2.36. The Morgan fingerprint density at radius 1 is 1.35 bits per heavy atom. The molecule has 23 heavy (non-hydrogen) atoms. The Labute approximate surface area is 140 Å². The molecule has 2 unspecified atom stereocenters. The number of ether oxygens (including phenoxy) is 2. The fourth-order valence-corrected chi connectivity index (χ4v) is 2.71. The number of aliphatic imine (C=N–C) groups is 1. The molecule has 134 valence electrons. The van der Waals surface area contributed by atoms with Crippen LogP contribution in [0.1, 0.15) is 13.8 Å². The van der Waals surface area contributed by atoms with Crippen molar-refractivity contribution < 1.29 is 14.3 Å². The Balaban J connectivity index is 2.57. The van der Waals surface area contributed by atoms with Crippen LogP contribution in [0.25, 0.3) is 0 Å². The first-order valence-corrected chi connectivity index (χ1v) is 8.32. The van der Waals surface area contributed by atoms with E-state index in [1.54, 1.807) is 7.11 Å². The van der Waals surface area contributed by atoms with Crippen LogP contribution in [0.3, 0.4) is 0 Å². The lowest BCUT2D eigenvalue weighted by atomic mass is 9.99. The standard InChI is InChI=1S/C16H32N4O3/c1-6-17-16(18-7-8-19(3)9-10-22-4)20-11-13(2)14(12-20)15(21)23-5/h13-14H,6-12H2,1-5H3,(H,17,18). The van der Waals surface area contributed by atoms with Gasteiger partial charge in [-0.3, -0.25) is 9.79 Å². The minimum atomic E-state index is -0.129. The molecule has 0 aliphatic carbocycles. The van der Waals surface area contributed by atoms with E-state index in [0.29, 0.717) is 6.54 Å². The quantitative estimate of drug-likeness (QED) is 0.392. The van der Waals surface area contributed by atoms with Gasteiger partial charge in [0.15, 0.2) is 5.96 Å². The Hall–Kier alpha value is -1.34. The normalized spacial score (nSPS) is 21.8. The largest absolute Gasteiger partial charge is 0.469 e. The third-order valence-corrected chi connectivity index (χ3v) is 4.17. The van der Waals surface area contributed by atoms with Crippen molar-refractivity contribution in [2.24, 2.45) is 16.8 Å². The van der Waals surface area contributed by atoms with Crippen LogP contribution < -0.4 is 5.32 Å². The van der Waals surface area contributed by atoms with E-state index in [2.05, 4.69) is 36.0 Å². The first-order valence-electron chi connectivity index (χ1n) is 8.32. The molecule has 0 radical (unpaired) electrons. The molecular formula is C16H32N4O3. The minimum absolute atomic E-state index is 0.0757. The average molecular weight is 328 g/mol. The zero-order valence-electron chi connectivity index (χ0n) is 15.2. The van der Waals surface area contributed by atoms with Crippen LogP contribution in [0.5, 0.6) is 0 Å². The van der Waals surface area contributed by atoms with Gasteiger partial charge < -0.3 is 24.6 Å². The molecule has 7 heteroatoms. The summed E-state index contributed by atoms with van der Waals surface area (Å²) in [4.78, 5) is 20.9. The van der Waals surface area contributed by atoms with Gasteiger partial charge in [-0.05, 0) is 19.9 Å². The van der Waals surface area contributed by atoms with Crippen molar-refractivity contribution in [1.82, 2.24) is 15.1 Å². The number of hydrogen-bond acceptors (Lipinski definition) is 5. The molecule has 0 spiro atoms. The van der Waals surface area contributed by atoms with Gasteiger partial charge in [0, 0.05) is 39.8 Å². The average Bonchev–Trinajstić information content (AvgIpc) is 2.93. The van der Waals surface area contributed by atoms with E-state index in [4.69, 9.17) is 14.5 Å². The number of carbonyl (C=O) groups excluding carboxylic acids is 1. The number of nitrogens with one attached hydrogen (secondary N) is 1. The maximum Gasteiger partial charge on any atom is 0.310 e. The second-order valence-electron chi connectivity index (χ2n) is 6.04. The van der Waals surface area contributed by atoms with Gasteiger partial charge in [0.25, 0.3) is 0 Å². The predicted octanol–water partition coefficient (Wildman–Crippen LogP) is 0.271. The molecule has 0 aromatic heterocycles. The van der Waals surface area contributed by atoms with E-state index in [1.807, 2.05) is 0 Å². The van der Waals surface area contributed by atoms with Gasteiger partial charge in [-0.1, -0.05) is 6.92 Å². The number of nitrogens with zero attached hydrogens (tertiary/aromatic N) is 3. The van der Waals surface area contributed by atoms with Crippen molar-refractivity contribution in [2.75, 3.05) is 67.1 Å². The zero-order valence-corrected chi connectivity index (χ0v) is 15.2. The molecule has 7 nitrogen and oxygen atoms in total. The molecule has 1 aliphatic heterocycles. The number of methoxy groups -OCH3 is 2. The third kappa shape index (κ3) is 6.35. The van der Waals surface area contributed by atoms with E-state index < -0.39 is 0 Å². The summed E-state index contributed by atoms with van der Waals surface area (Å²) in [6.07, 6.45) is 0. The van der Waals surface area contributed by atoms with E-state index in [-0.39, 0.29) is 17.8 Å². The number of carbonyl (C=O) groups is 1. The highest BCUT2D eigenvalue weighted by molar-refractivity contribution is 5.82. The zero-order chi connectivity index (χ0) is 17.2. The number of esters is 1. The van der Waals surface area contributed by atoms with Crippen molar-refractivity contribution in [1.29, 1.82) is 0 Å². The Kier molecular flexibility index (Phi) is 8.94. The minimum Gasteiger partial charge on any atom is -0.469 e. The van der Waals surface area contributed by atoms with Crippen LogP contribution in [0.4, 0.5) is 0 Å². The van der Waals surface area contributed by atoms with Crippen molar-refractivity contribution in [3.8, 4) is 0 Å². The monoisotopic (exact) mass is 328 g/mol. The van der Waals surface area contributed by atoms with Crippen LogP contribution in [-0.2, 0) is 14.3 Å². The lowest BCUT2D eigenvalue weighted by Gasteiger charge is -2.22. The predicted molar refractivity (Wildman–Crippen MR) is 91.6 cm³/mol. The first-order chi connectivity index (χ1) is 11.0. The van der Waals surface area contributed by atoms with Crippen molar-refractivity contribution in [3.63, 3.8) is 0 Å². The summed E-state index contributed by atoms with van der Waals surface area (Å²) in [5.74, 6) is 0.949. The maximum atomic E-state index is 11.8. The van der Waals surface area contributed by atoms with Crippen LogP contribution in [0.2, 0.25) is 0 Å². The van der Waals surface area contributed by atoms with Gasteiger partial charge in [0.1, 0.15) is 0 Å². The molecule has 0 bridgehead atoms. The van der Waals surface area contributed by atoms with Gasteiger partial charge in [0.05, 0.1) is 26.2 Å². The van der Waals surface area contributed by atoms with Crippen molar-refractivity contribution >= 4 is 11.9 Å². The van der Waals surface area contributed by atoms with Gasteiger partial charge in [-0.25, -0.2) is 0 Å². The van der Waals surface area contributed by atoms with E-state index in [1.165, 1.54) is 7.11 Å². The van der Waals surface area contributed by atoms with Gasteiger partial charge in [0.2, 0.25) is 0 Å². The third-order valence-electron chi connectivity index (χ3n) is 4.17. The number of likely N-dealkylation sites (tertiary alicyclic amines) is 1. The van der Waals surface area contributed by atoms with Gasteiger partial charge in [-0.2, -0.15) is 0 Å². The summed E-state index contributed by atoms with van der Waals surface area (Å²) in [6.45, 7) is 9.66. The fraction of sp³-hybridized carbons (Fsp3) is 0.875. The summed E-state index contributed by atoms with van der Waals surface area (Å²) in [5, 5.41) is 3.32. The van der Waals surface area contributed by atoms with E-state index in [9.17, 15) is 4.79 Å². The molecular weight excluding hydrogens is 296 g/mol. The smallest absolute Gasteiger partial charge is 0.310 e. The van der Waals surface area contributed by atoms with E-state index in [0.717, 1.165) is 45.3 Å². The molecule has 1 fully saturated rings. The van der Waals surface area contributed by atoms with Crippen LogP contribution in [0.15, 0.2) is 4.99 Å². The topological polar surface area (TPSA) is 66.4 Å². The summed E-state index contributed by atoms with van der Waals surface area (Å²) < 4.78 is 9.97. The lowest BCUT2D eigenvalue weighted by molar-refractivity contribution is -0.145. The molecule has 0 saturated carbocycles. The summed E-state index contributed by atoms with van der Waals surface area (Å²) in [5.41, 5.74) is 0. The SMILES string of the molecule is CCNC(=NCCN(C)CCOC)N1CC(C)C(C(=O)OC)C1. The number of rotatable bonds is 8. The second-order valence-corrected chi connectivity index (χ2v) is 6.04. The highest BCUT2D eigenvalue weighted by atomic mass is 16.5. The Morgan fingerprint density at radius 3 is 2.70 bits per heavy atom. The molecule has 2 atom stereocenters. The lowest BCUT2D eigenvalue weighted by Crippen LogP contribution is -2.41. The van der Waals surface area contributed by atoms with E-state index >= 15 is 0 Å². The summed E-state index contributed by atoms with van der Waals surface area (Å²) in [6, 6.07) is 0. The molecule has 1 N–H and O–H groups in total. The number of likely N-dealkylation sites (N-methyl/N-ethyl adjacent to an activating group) is 1. The maximum absolute atomic E-state index is 11.8. The van der Waals surface area contributed by atoms with Crippen LogP contribution in [-0.4, -0.2) is 88.9 Å². The summed E-state index contributed by atoms with van der Waals surface area (Å²) >= 11 is 0. The molecule has 1 saturated heterocycles. The molecule has 0 aromatic carbocycles. The van der Waals surface area contributed by atoms with Gasteiger partial charge >= 0.3 is 5.97 Å².